The van der Waals surface area contributed by atoms with E-state index in [9.17, 15) is 14.4 Å². The molecule has 2 aliphatic heterocycles. The maximum absolute atomic E-state index is 13.2. The lowest BCUT2D eigenvalue weighted by Gasteiger charge is -2.35. The van der Waals surface area contributed by atoms with Crippen molar-refractivity contribution < 1.29 is 9.59 Å². The molecule has 29 heavy (non-hydrogen) atoms. The second kappa shape index (κ2) is 8.26. The van der Waals surface area contributed by atoms with Crippen LogP contribution in [0.5, 0.6) is 0 Å². The van der Waals surface area contributed by atoms with Gasteiger partial charge in [0.1, 0.15) is 5.82 Å². The first-order chi connectivity index (χ1) is 13.7. The molecule has 0 radical (unpaired) electrons. The van der Waals surface area contributed by atoms with Gasteiger partial charge < -0.3 is 20.1 Å². The number of hydrogen-bond acceptors (Lipinski definition) is 5. The number of carbonyl (C=O) groups is 2. The molecule has 0 spiro atoms. The third kappa shape index (κ3) is 3.95. The van der Waals surface area contributed by atoms with Gasteiger partial charge in [-0.25, -0.2) is 4.98 Å². The summed E-state index contributed by atoms with van der Waals surface area (Å²) in [6.07, 6.45) is 3.20. The fourth-order valence-electron chi connectivity index (χ4n) is 5.12. The van der Waals surface area contributed by atoms with Crippen molar-refractivity contribution in [2.24, 2.45) is 5.41 Å². The Morgan fingerprint density at radius 2 is 2.03 bits per heavy atom. The summed E-state index contributed by atoms with van der Waals surface area (Å²) in [4.78, 5) is 49.5. The predicted molar refractivity (Wildman–Crippen MR) is 111 cm³/mol. The van der Waals surface area contributed by atoms with Gasteiger partial charge in [-0.05, 0) is 53.6 Å². The van der Waals surface area contributed by atoms with E-state index in [2.05, 4.69) is 15.3 Å². The average molecular weight is 404 g/mol. The SMILES string of the molecule is CC[C@]1(C(=O)NCCN(C)C)C[C@H]2CC[C@@H]1N2C(=O)Cc1c(C)nc(C)[nH]c1=O. The summed E-state index contributed by atoms with van der Waals surface area (Å²) in [7, 11) is 3.95. The molecule has 8 nitrogen and oxygen atoms in total. The van der Waals surface area contributed by atoms with Crippen molar-refractivity contribution in [3.63, 3.8) is 0 Å². The molecule has 0 aliphatic carbocycles. The number of likely N-dealkylation sites (N-methyl/N-ethyl adjacent to an activating group) is 1. The molecule has 3 rings (SSSR count). The zero-order valence-electron chi connectivity index (χ0n) is 18.2. The largest absolute Gasteiger partial charge is 0.354 e. The molecule has 8 heteroatoms. The van der Waals surface area contributed by atoms with Gasteiger partial charge in [-0.2, -0.15) is 0 Å². The van der Waals surface area contributed by atoms with Gasteiger partial charge in [-0.15, -0.1) is 0 Å². The Morgan fingerprint density at radius 1 is 1.31 bits per heavy atom. The second-order valence-corrected chi connectivity index (χ2v) is 8.71. The quantitative estimate of drug-likeness (QED) is 0.701. The molecule has 3 heterocycles. The van der Waals surface area contributed by atoms with Gasteiger partial charge in [-0.3, -0.25) is 14.4 Å². The van der Waals surface area contributed by atoms with E-state index in [1.807, 2.05) is 30.8 Å². The van der Waals surface area contributed by atoms with E-state index in [1.54, 1.807) is 13.8 Å². The van der Waals surface area contributed by atoms with Crippen LogP contribution in [0, 0.1) is 19.3 Å². The van der Waals surface area contributed by atoms with E-state index < -0.39 is 5.41 Å². The first-order valence-corrected chi connectivity index (χ1v) is 10.5. The molecule has 1 aromatic rings. The van der Waals surface area contributed by atoms with Gasteiger partial charge >= 0.3 is 0 Å². The van der Waals surface area contributed by atoms with Crippen molar-refractivity contribution in [2.45, 2.75) is 65.0 Å². The van der Waals surface area contributed by atoms with Crippen LogP contribution in [-0.4, -0.2) is 70.9 Å². The predicted octanol–water partition coefficient (Wildman–Crippen LogP) is 0.767. The molecule has 3 atom stereocenters. The summed E-state index contributed by atoms with van der Waals surface area (Å²) < 4.78 is 0. The number of nitrogens with zero attached hydrogens (tertiary/aromatic N) is 3. The molecule has 0 unspecified atom stereocenters. The number of fused-ring (bicyclic) bond motifs is 2. The molecule has 1 aromatic heterocycles. The van der Waals surface area contributed by atoms with Gasteiger partial charge in [0, 0.05) is 36.4 Å². The lowest BCUT2D eigenvalue weighted by atomic mass is 9.71. The van der Waals surface area contributed by atoms with Crippen LogP contribution in [0.15, 0.2) is 4.79 Å². The van der Waals surface area contributed by atoms with Crippen molar-refractivity contribution in [1.29, 1.82) is 0 Å². The van der Waals surface area contributed by atoms with Crippen LogP contribution in [0.3, 0.4) is 0 Å². The van der Waals surface area contributed by atoms with Crippen molar-refractivity contribution in [2.75, 3.05) is 27.2 Å². The number of aromatic nitrogens is 2. The Bertz CT molecular complexity index is 849. The average Bonchev–Trinajstić information content (AvgIpc) is 3.20. The number of hydrogen-bond donors (Lipinski definition) is 2. The first-order valence-electron chi connectivity index (χ1n) is 10.5. The highest BCUT2D eigenvalue weighted by Crippen LogP contribution is 2.52. The third-order valence-corrected chi connectivity index (χ3v) is 6.62. The summed E-state index contributed by atoms with van der Waals surface area (Å²) in [5.41, 5.74) is 0.231. The van der Waals surface area contributed by atoms with Crippen molar-refractivity contribution >= 4 is 11.8 Å². The Kier molecular flexibility index (Phi) is 6.12. The fraction of sp³-hybridized carbons (Fsp3) is 0.714. The smallest absolute Gasteiger partial charge is 0.254 e. The lowest BCUT2D eigenvalue weighted by molar-refractivity contribution is -0.136. The van der Waals surface area contributed by atoms with E-state index in [4.69, 9.17) is 0 Å². The van der Waals surface area contributed by atoms with Gasteiger partial charge in [0.25, 0.3) is 5.56 Å². The molecule has 2 amide bonds. The molecule has 2 aliphatic rings. The molecule has 2 bridgehead atoms. The van der Waals surface area contributed by atoms with E-state index in [0.29, 0.717) is 36.5 Å². The van der Waals surface area contributed by atoms with Crippen molar-refractivity contribution in [3.05, 3.63) is 27.4 Å². The summed E-state index contributed by atoms with van der Waals surface area (Å²) in [5, 5.41) is 3.08. The summed E-state index contributed by atoms with van der Waals surface area (Å²) >= 11 is 0. The van der Waals surface area contributed by atoms with Crippen LogP contribution in [0.25, 0.3) is 0 Å². The molecule has 160 valence electrons. The minimum absolute atomic E-state index is 0.0312. The monoisotopic (exact) mass is 403 g/mol. The summed E-state index contributed by atoms with van der Waals surface area (Å²) in [5.74, 6) is 0.524. The number of carbonyl (C=O) groups excluding carboxylic acids is 2. The maximum atomic E-state index is 13.2. The minimum Gasteiger partial charge on any atom is -0.354 e. The highest BCUT2D eigenvalue weighted by molar-refractivity contribution is 5.87. The van der Waals surface area contributed by atoms with Gasteiger partial charge in [0.15, 0.2) is 0 Å². The highest BCUT2D eigenvalue weighted by Gasteiger charge is 2.60. The van der Waals surface area contributed by atoms with E-state index >= 15 is 0 Å². The highest BCUT2D eigenvalue weighted by atomic mass is 16.2. The van der Waals surface area contributed by atoms with Gasteiger partial charge in [0.05, 0.1) is 11.8 Å². The number of H-pyrrole nitrogens is 1. The first kappa shape index (κ1) is 21.5. The summed E-state index contributed by atoms with van der Waals surface area (Å²) in [6, 6.07) is -0.0213. The molecule has 2 N–H and O–H groups in total. The number of aryl methyl sites for hydroxylation is 2. The van der Waals surface area contributed by atoms with E-state index in [-0.39, 0.29) is 35.9 Å². The van der Waals surface area contributed by atoms with E-state index in [1.165, 1.54) is 0 Å². The van der Waals surface area contributed by atoms with Gasteiger partial charge in [0.2, 0.25) is 11.8 Å². The molecule has 0 saturated carbocycles. The van der Waals surface area contributed by atoms with Crippen LogP contribution < -0.4 is 10.9 Å². The third-order valence-electron chi connectivity index (χ3n) is 6.62. The molecular weight excluding hydrogens is 370 g/mol. The Balaban J connectivity index is 1.77. The zero-order valence-corrected chi connectivity index (χ0v) is 18.2. The Labute approximate surface area is 172 Å². The number of nitrogens with one attached hydrogen (secondary N) is 2. The fourth-order valence-corrected chi connectivity index (χ4v) is 5.12. The van der Waals surface area contributed by atoms with Crippen LogP contribution in [0.1, 0.15) is 49.7 Å². The van der Waals surface area contributed by atoms with Crippen LogP contribution >= 0.6 is 0 Å². The Hall–Kier alpha value is -2.22. The summed E-state index contributed by atoms with van der Waals surface area (Å²) in [6.45, 7) is 6.91. The van der Waals surface area contributed by atoms with Crippen LogP contribution in [0.4, 0.5) is 0 Å². The lowest BCUT2D eigenvalue weighted by Crippen LogP contribution is -2.50. The number of aromatic amines is 1. The molecule has 0 aromatic carbocycles. The topological polar surface area (TPSA) is 98.4 Å². The number of rotatable bonds is 7. The normalized spacial score (nSPS) is 25.7. The van der Waals surface area contributed by atoms with E-state index in [0.717, 1.165) is 19.4 Å². The van der Waals surface area contributed by atoms with Crippen LogP contribution in [-0.2, 0) is 16.0 Å². The molecule has 2 fully saturated rings. The molecule has 2 saturated heterocycles. The maximum Gasteiger partial charge on any atom is 0.254 e. The second-order valence-electron chi connectivity index (χ2n) is 8.71. The zero-order chi connectivity index (χ0) is 21.3. The number of amides is 2. The van der Waals surface area contributed by atoms with Crippen molar-refractivity contribution in [3.8, 4) is 0 Å². The minimum atomic E-state index is -0.530. The van der Waals surface area contributed by atoms with Crippen LogP contribution in [0.2, 0.25) is 0 Å². The Morgan fingerprint density at radius 3 is 2.66 bits per heavy atom. The van der Waals surface area contributed by atoms with Crippen molar-refractivity contribution in [1.82, 2.24) is 25.1 Å². The molecular formula is C21H33N5O3. The standard InChI is InChI=1S/C21H33N5O3/c1-6-21(20(29)22-9-10-25(4)5)12-15-7-8-17(21)26(15)18(27)11-16-13(2)23-14(3)24-19(16)28/h15,17H,6-12H2,1-5H3,(H,22,29)(H,23,24,28)/t15-,17+,21+/m1/s1. The van der Waals surface area contributed by atoms with Gasteiger partial charge in [-0.1, -0.05) is 6.92 Å².